The smallest absolute Gasteiger partial charge is 0.325 e. The van der Waals surface area contributed by atoms with E-state index in [0.717, 1.165) is 10.9 Å². The van der Waals surface area contributed by atoms with Gasteiger partial charge in [0.05, 0.1) is 17.6 Å². The first-order valence-electron chi connectivity index (χ1n) is 10.9. The molecule has 0 aliphatic carbocycles. The molecule has 1 aromatic carbocycles. The highest BCUT2D eigenvalue weighted by Crippen LogP contribution is 2.22. The number of carbonyl (C=O) groups excluding carboxylic acids is 1. The molecule has 11 nitrogen and oxygen atoms in total. The molecule has 0 radical (unpaired) electrons. The number of aromatic amines is 2. The Morgan fingerprint density at radius 1 is 1.09 bits per heavy atom. The Morgan fingerprint density at radius 2 is 1.91 bits per heavy atom. The lowest BCUT2D eigenvalue weighted by Crippen LogP contribution is -2.52. The van der Waals surface area contributed by atoms with E-state index in [1.165, 1.54) is 0 Å². The molecule has 3 N–H and O–H groups in total. The minimum atomic E-state index is -0.279. The van der Waals surface area contributed by atoms with Crippen LogP contribution in [-0.4, -0.2) is 75.2 Å². The van der Waals surface area contributed by atoms with Crippen LogP contribution in [0.4, 0.5) is 10.7 Å². The molecular formula is C22H24N8O3. The van der Waals surface area contributed by atoms with Gasteiger partial charge < -0.3 is 24.8 Å². The zero-order valence-corrected chi connectivity index (χ0v) is 18.0. The fraction of sp³-hybridized carbons (Fsp3) is 0.318. The fourth-order valence-electron chi connectivity index (χ4n) is 3.83. The zero-order valence-electron chi connectivity index (χ0n) is 18.0. The third-order valence-corrected chi connectivity index (χ3v) is 5.53. The molecule has 2 amide bonds. The number of piperazine rings is 1. The summed E-state index contributed by atoms with van der Waals surface area (Å²) in [7, 11) is 0. The SMILES string of the molecule is O=C(NCCCOc1ccc2nc3[nH]c(=O)[nH]c3cc2c1)N1CCN(c2ncccn2)CC1. The number of ether oxygens (including phenoxy) is 1. The number of hydrogen-bond acceptors (Lipinski definition) is 7. The van der Waals surface area contributed by atoms with E-state index in [1.807, 2.05) is 29.2 Å². The van der Waals surface area contributed by atoms with Crippen molar-refractivity contribution in [1.82, 2.24) is 35.1 Å². The van der Waals surface area contributed by atoms with Gasteiger partial charge in [0.15, 0.2) is 5.65 Å². The molecule has 11 heteroatoms. The number of pyridine rings is 1. The molecule has 1 aliphatic rings. The highest BCUT2D eigenvalue weighted by molar-refractivity contribution is 5.90. The normalized spacial score (nSPS) is 14.1. The van der Waals surface area contributed by atoms with E-state index in [9.17, 15) is 9.59 Å². The van der Waals surface area contributed by atoms with Crippen LogP contribution in [0.15, 0.2) is 47.5 Å². The van der Waals surface area contributed by atoms with Gasteiger partial charge in [0.1, 0.15) is 5.75 Å². The van der Waals surface area contributed by atoms with Gasteiger partial charge in [0.25, 0.3) is 0 Å². The number of nitrogens with zero attached hydrogens (tertiary/aromatic N) is 5. The van der Waals surface area contributed by atoms with E-state index in [2.05, 4.69) is 35.1 Å². The van der Waals surface area contributed by atoms with Crippen molar-refractivity contribution in [3.63, 3.8) is 0 Å². The molecule has 1 aliphatic heterocycles. The van der Waals surface area contributed by atoms with Crippen LogP contribution in [0.25, 0.3) is 22.1 Å². The number of anilines is 1. The van der Waals surface area contributed by atoms with Gasteiger partial charge in [-0.25, -0.2) is 24.5 Å². The van der Waals surface area contributed by atoms with E-state index in [0.29, 0.717) is 68.6 Å². The molecule has 1 fully saturated rings. The highest BCUT2D eigenvalue weighted by Gasteiger charge is 2.22. The van der Waals surface area contributed by atoms with Crippen molar-refractivity contribution in [2.45, 2.75) is 6.42 Å². The number of H-pyrrole nitrogens is 2. The van der Waals surface area contributed by atoms with Gasteiger partial charge >= 0.3 is 11.7 Å². The number of benzene rings is 1. The van der Waals surface area contributed by atoms with Gasteiger partial charge in [-0.05, 0) is 36.8 Å². The molecule has 4 aromatic rings. The molecule has 0 atom stereocenters. The summed E-state index contributed by atoms with van der Waals surface area (Å²) in [5, 5.41) is 3.83. The highest BCUT2D eigenvalue weighted by atomic mass is 16.5. The number of aromatic nitrogens is 5. The first-order valence-corrected chi connectivity index (χ1v) is 10.9. The van der Waals surface area contributed by atoms with E-state index in [4.69, 9.17) is 4.74 Å². The predicted octanol–water partition coefficient (Wildman–Crippen LogP) is 1.50. The van der Waals surface area contributed by atoms with Gasteiger partial charge in [-0.1, -0.05) is 0 Å². The Labute approximate surface area is 188 Å². The van der Waals surface area contributed by atoms with E-state index in [-0.39, 0.29) is 11.7 Å². The third-order valence-electron chi connectivity index (χ3n) is 5.53. The number of amides is 2. The van der Waals surface area contributed by atoms with Gasteiger partial charge in [-0.2, -0.15) is 0 Å². The van der Waals surface area contributed by atoms with Gasteiger partial charge in [-0.15, -0.1) is 0 Å². The van der Waals surface area contributed by atoms with E-state index in [1.54, 1.807) is 18.5 Å². The summed E-state index contributed by atoms with van der Waals surface area (Å²) < 4.78 is 5.83. The summed E-state index contributed by atoms with van der Waals surface area (Å²) >= 11 is 0. The Bertz CT molecular complexity index is 1310. The van der Waals surface area contributed by atoms with Crippen molar-refractivity contribution in [1.29, 1.82) is 0 Å². The Morgan fingerprint density at radius 3 is 2.73 bits per heavy atom. The van der Waals surface area contributed by atoms with Crippen molar-refractivity contribution < 1.29 is 9.53 Å². The molecule has 3 aromatic heterocycles. The molecule has 1 saturated heterocycles. The average Bonchev–Trinajstić information content (AvgIpc) is 3.21. The largest absolute Gasteiger partial charge is 0.494 e. The molecule has 0 bridgehead atoms. The maximum Gasteiger partial charge on any atom is 0.325 e. The number of hydrogen-bond donors (Lipinski definition) is 3. The standard InChI is InChI=1S/C22H24N8O3/c31-21-27-18-14-15-13-16(3-4-17(15)26-19(18)28-21)33-12-2-7-25-22(32)30-10-8-29(9-11-30)20-23-5-1-6-24-20/h1,3-6,13-14H,2,7-12H2,(H,25,32)(H2,26,27,28,31). The summed E-state index contributed by atoms with van der Waals surface area (Å²) in [5.41, 5.74) is 1.69. The summed E-state index contributed by atoms with van der Waals surface area (Å²) in [4.78, 5) is 46.1. The van der Waals surface area contributed by atoms with Crippen LogP contribution in [-0.2, 0) is 0 Å². The lowest BCUT2D eigenvalue weighted by molar-refractivity contribution is 0.193. The van der Waals surface area contributed by atoms with Crippen molar-refractivity contribution in [3.05, 3.63) is 53.2 Å². The lowest BCUT2D eigenvalue weighted by Gasteiger charge is -2.34. The quantitative estimate of drug-likeness (QED) is 0.381. The minimum Gasteiger partial charge on any atom is -0.494 e. The topological polar surface area (TPSA) is 132 Å². The first-order chi connectivity index (χ1) is 16.2. The third kappa shape index (κ3) is 4.71. The predicted molar refractivity (Wildman–Crippen MR) is 124 cm³/mol. The van der Waals surface area contributed by atoms with Crippen LogP contribution < -0.4 is 20.6 Å². The van der Waals surface area contributed by atoms with Gasteiger partial charge in [0, 0.05) is 50.5 Å². The second-order valence-corrected chi connectivity index (χ2v) is 7.78. The minimum absolute atomic E-state index is 0.0649. The van der Waals surface area contributed by atoms with Crippen LogP contribution in [0.3, 0.4) is 0 Å². The molecule has 33 heavy (non-hydrogen) atoms. The molecule has 5 rings (SSSR count). The van der Waals surface area contributed by atoms with Gasteiger partial charge in [0.2, 0.25) is 5.95 Å². The maximum atomic E-state index is 12.4. The number of fused-ring (bicyclic) bond motifs is 2. The van der Waals surface area contributed by atoms with Crippen LogP contribution in [0.5, 0.6) is 5.75 Å². The maximum absolute atomic E-state index is 12.4. The van der Waals surface area contributed by atoms with Crippen LogP contribution in [0.2, 0.25) is 0 Å². The summed E-state index contributed by atoms with van der Waals surface area (Å²) in [5.74, 6) is 1.41. The number of nitrogens with one attached hydrogen (secondary N) is 3. The summed E-state index contributed by atoms with van der Waals surface area (Å²) in [6.07, 6.45) is 4.13. The second kappa shape index (κ2) is 9.15. The number of rotatable bonds is 6. The number of carbonyl (C=O) groups is 1. The van der Waals surface area contributed by atoms with Crippen LogP contribution >= 0.6 is 0 Å². The Balaban J connectivity index is 1.06. The van der Waals surface area contributed by atoms with Crippen molar-refractivity contribution in [3.8, 4) is 5.75 Å². The molecule has 0 unspecified atom stereocenters. The van der Waals surface area contributed by atoms with Crippen molar-refractivity contribution in [2.24, 2.45) is 0 Å². The van der Waals surface area contributed by atoms with E-state index < -0.39 is 0 Å². The van der Waals surface area contributed by atoms with Crippen LogP contribution in [0.1, 0.15) is 6.42 Å². The van der Waals surface area contributed by atoms with Crippen molar-refractivity contribution >= 4 is 34.0 Å². The first kappa shape index (κ1) is 20.7. The summed E-state index contributed by atoms with van der Waals surface area (Å²) in [6, 6.07) is 9.19. The van der Waals surface area contributed by atoms with E-state index >= 15 is 0 Å². The fourth-order valence-corrected chi connectivity index (χ4v) is 3.83. The van der Waals surface area contributed by atoms with Gasteiger partial charge in [-0.3, -0.25) is 4.98 Å². The second-order valence-electron chi connectivity index (χ2n) is 7.78. The Hall–Kier alpha value is -4.15. The molecule has 0 saturated carbocycles. The number of imidazole rings is 1. The van der Waals surface area contributed by atoms with Crippen LogP contribution in [0, 0.1) is 0 Å². The monoisotopic (exact) mass is 448 g/mol. The van der Waals surface area contributed by atoms with Crippen molar-refractivity contribution in [2.75, 3.05) is 44.2 Å². The number of urea groups is 1. The zero-order chi connectivity index (χ0) is 22.6. The average molecular weight is 448 g/mol. The lowest BCUT2D eigenvalue weighted by atomic mass is 10.2. The summed E-state index contributed by atoms with van der Waals surface area (Å²) in [6.45, 7) is 3.68. The molecular weight excluding hydrogens is 424 g/mol. The Kier molecular flexibility index (Phi) is 5.75. The molecule has 0 spiro atoms. The molecule has 4 heterocycles. The molecule has 170 valence electrons.